The van der Waals surface area contributed by atoms with Gasteiger partial charge in [-0.15, -0.1) is 0 Å². The second kappa shape index (κ2) is 6.63. The number of nitrogens with zero attached hydrogens (tertiary/aromatic N) is 1. The minimum Gasteiger partial charge on any atom is -0.310 e. The van der Waals surface area contributed by atoms with E-state index in [0.29, 0.717) is 5.54 Å². The highest BCUT2D eigenvalue weighted by molar-refractivity contribution is 6.25. The number of nitrogens with one attached hydrogen (secondary N) is 1. The SMILES string of the molecule is CCC1(CC)CN(CC(C)=CCl)CCCN1. The van der Waals surface area contributed by atoms with Gasteiger partial charge in [-0.2, -0.15) is 0 Å². The average Bonchev–Trinajstić information content (AvgIpc) is 2.52. The lowest BCUT2D eigenvalue weighted by atomic mass is 9.92. The molecule has 3 heteroatoms. The lowest BCUT2D eigenvalue weighted by Crippen LogP contribution is -2.50. The molecule has 1 aliphatic rings. The number of rotatable bonds is 4. The molecule has 0 aromatic rings. The summed E-state index contributed by atoms with van der Waals surface area (Å²) in [5.74, 6) is 0. The van der Waals surface area contributed by atoms with Gasteiger partial charge in [0.2, 0.25) is 0 Å². The van der Waals surface area contributed by atoms with E-state index in [0.717, 1.165) is 19.6 Å². The maximum absolute atomic E-state index is 5.75. The van der Waals surface area contributed by atoms with Crippen LogP contribution in [0.4, 0.5) is 0 Å². The summed E-state index contributed by atoms with van der Waals surface area (Å²) >= 11 is 5.75. The molecule has 0 unspecified atom stereocenters. The van der Waals surface area contributed by atoms with Gasteiger partial charge in [0, 0.05) is 24.2 Å². The van der Waals surface area contributed by atoms with Crippen molar-refractivity contribution in [1.29, 1.82) is 0 Å². The summed E-state index contributed by atoms with van der Waals surface area (Å²) in [5, 5.41) is 3.72. The highest BCUT2D eigenvalue weighted by atomic mass is 35.5. The lowest BCUT2D eigenvalue weighted by Gasteiger charge is -2.35. The molecule has 94 valence electrons. The molecule has 0 amide bonds. The monoisotopic (exact) mass is 244 g/mol. The fourth-order valence-electron chi connectivity index (χ4n) is 2.46. The van der Waals surface area contributed by atoms with Crippen LogP contribution in [0.15, 0.2) is 11.1 Å². The minimum absolute atomic E-state index is 0.309. The Morgan fingerprint density at radius 3 is 2.69 bits per heavy atom. The maximum atomic E-state index is 5.75. The van der Waals surface area contributed by atoms with Gasteiger partial charge in [0.1, 0.15) is 0 Å². The van der Waals surface area contributed by atoms with Crippen LogP contribution in [0.25, 0.3) is 0 Å². The predicted octanol–water partition coefficient (Wildman–Crippen LogP) is 2.98. The van der Waals surface area contributed by atoms with Crippen LogP contribution in [-0.4, -0.2) is 36.6 Å². The van der Waals surface area contributed by atoms with E-state index in [-0.39, 0.29) is 0 Å². The molecule has 1 rings (SSSR count). The van der Waals surface area contributed by atoms with E-state index in [9.17, 15) is 0 Å². The summed E-state index contributed by atoms with van der Waals surface area (Å²) in [6, 6.07) is 0. The van der Waals surface area contributed by atoms with Crippen molar-refractivity contribution in [2.24, 2.45) is 0 Å². The molecule has 0 saturated carbocycles. The first-order chi connectivity index (χ1) is 7.65. The average molecular weight is 245 g/mol. The van der Waals surface area contributed by atoms with Crippen LogP contribution in [0, 0.1) is 0 Å². The fraction of sp³-hybridized carbons (Fsp3) is 0.846. The molecular weight excluding hydrogens is 220 g/mol. The summed E-state index contributed by atoms with van der Waals surface area (Å²) in [6.07, 6.45) is 3.63. The van der Waals surface area contributed by atoms with E-state index in [1.807, 2.05) is 0 Å². The van der Waals surface area contributed by atoms with Gasteiger partial charge in [-0.05, 0) is 44.8 Å². The number of hydrogen-bond acceptors (Lipinski definition) is 2. The van der Waals surface area contributed by atoms with Crippen molar-refractivity contribution in [3.05, 3.63) is 11.1 Å². The summed E-state index contributed by atoms with van der Waals surface area (Å²) in [6.45, 7) is 11.1. The van der Waals surface area contributed by atoms with Crippen LogP contribution in [-0.2, 0) is 0 Å². The highest BCUT2D eigenvalue weighted by Gasteiger charge is 2.29. The third-order valence-electron chi connectivity index (χ3n) is 3.69. The maximum Gasteiger partial charge on any atom is 0.0303 e. The molecule has 0 atom stereocenters. The summed E-state index contributed by atoms with van der Waals surface area (Å²) < 4.78 is 0. The van der Waals surface area contributed by atoms with E-state index in [1.165, 1.54) is 31.4 Å². The molecule has 0 radical (unpaired) electrons. The van der Waals surface area contributed by atoms with Gasteiger partial charge in [-0.25, -0.2) is 0 Å². The molecule has 0 aliphatic carbocycles. The molecule has 2 nitrogen and oxygen atoms in total. The summed E-state index contributed by atoms with van der Waals surface area (Å²) in [5.41, 5.74) is 3.27. The van der Waals surface area contributed by atoms with E-state index in [2.05, 4.69) is 31.0 Å². The molecule has 1 aliphatic heterocycles. The first-order valence-corrected chi connectivity index (χ1v) is 6.82. The van der Waals surface area contributed by atoms with Gasteiger partial charge in [0.25, 0.3) is 0 Å². The van der Waals surface area contributed by atoms with E-state index >= 15 is 0 Å². The summed E-state index contributed by atoms with van der Waals surface area (Å²) in [7, 11) is 0. The molecular formula is C13H25ClN2. The zero-order valence-electron chi connectivity index (χ0n) is 10.9. The van der Waals surface area contributed by atoms with Crippen LogP contribution in [0.1, 0.15) is 40.0 Å². The third kappa shape index (κ3) is 3.76. The highest BCUT2D eigenvalue weighted by Crippen LogP contribution is 2.20. The van der Waals surface area contributed by atoms with E-state index in [1.54, 1.807) is 5.54 Å². The van der Waals surface area contributed by atoms with Crippen LogP contribution < -0.4 is 5.32 Å². The molecule has 1 saturated heterocycles. The quantitative estimate of drug-likeness (QED) is 0.818. The van der Waals surface area contributed by atoms with Crippen LogP contribution in [0.3, 0.4) is 0 Å². The molecule has 0 aromatic carbocycles. The first kappa shape index (κ1) is 14.0. The molecule has 1 fully saturated rings. The van der Waals surface area contributed by atoms with Gasteiger partial charge in [-0.3, -0.25) is 4.90 Å². The van der Waals surface area contributed by atoms with Gasteiger partial charge in [0.05, 0.1) is 0 Å². The Balaban J connectivity index is 2.64. The molecule has 1 N–H and O–H groups in total. The first-order valence-electron chi connectivity index (χ1n) is 6.39. The molecule has 0 bridgehead atoms. The Kier molecular flexibility index (Phi) is 5.81. The topological polar surface area (TPSA) is 15.3 Å². The van der Waals surface area contributed by atoms with Gasteiger partial charge in [-0.1, -0.05) is 25.4 Å². The van der Waals surface area contributed by atoms with E-state index in [4.69, 9.17) is 11.6 Å². The zero-order valence-corrected chi connectivity index (χ0v) is 11.6. The van der Waals surface area contributed by atoms with Crippen LogP contribution >= 0.6 is 11.6 Å². The van der Waals surface area contributed by atoms with Crippen LogP contribution in [0.5, 0.6) is 0 Å². The van der Waals surface area contributed by atoms with Gasteiger partial charge < -0.3 is 5.32 Å². The Bertz CT molecular complexity index is 234. The number of hydrogen-bond donors (Lipinski definition) is 1. The smallest absolute Gasteiger partial charge is 0.0303 e. The second-order valence-corrected chi connectivity index (χ2v) is 5.15. The van der Waals surface area contributed by atoms with Crippen molar-refractivity contribution in [3.63, 3.8) is 0 Å². The van der Waals surface area contributed by atoms with Crippen molar-refractivity contribution in [1.82, 2.24) is 10.2 Å². The Hall–Kier alpha value is -0.0500. The van der Waals surface area contributed by atoms with Crippen molar-refractivity contribution in [3.8, 4) is 0 Å². The van der Waals surface area contributed by atoms with Crippen molar-refractivity contribution >= 4 is 11.6 Å². The molecule has 0 aromatic heterocycles. The largest absolute Gasteiger partial charge is 0.310 e. The van der Waals surface area contributed by atoms with Crippen molar-refractivity contribution < 1.29 is 0 Å². The van der Waals surface area contributed by atoms with Gasteiger partial charge in [0.15, 0.2) is 0 Å². The standard InChI is InChI=1S/C13H25ClN2/c1-4-13(5-2)11-16(8-6-7-15-13)10-12(3)9-14/h9,15H,4-8,10-11H2,1-3H3. The molecule has 16 heavy (non-hydrogen) atoms. The fourth-order valence-corrected chi connectivity index (χ4v) is 2.53. The third-order valence-corrected chi connectivity index (χ3v) is 4.06. The summed E-state index contributed by atoms with van der Waals surface area (Å²) in [4.78, 5) is 2.53. The Morgan fingerprint density at radius 1 is 1.44 bits per heavy atom. The normalized spacial score (nSPS) is 23.1. The van der Waals surface area contributed by atoms with Crippen LogP contribution in [0.2, 0.25) is 0 Å². The Labute approximate surface area is 105 Å². The van der Waals surface area contributed by atoms with Crippen molar-refractivity contribution in [2.45, 2.75) is 45.6 Å². The van der Waals surface area contributed by atoms with Gasteiger partial charge >= 0.3 is 0 Å². The molecule has 0 spiro atoms. The van der Waals surface area contributed by atoms with E-state index < -0.39 is 0 Å². The minimum atomic E-state index is 0.309. The zero-order chi connectivity index (χ0) is 12.0. The lowest BCUT2D eigenvalue weighted by molar-refractivity contribution is 0.208. The Morgan fingerprint density at radius 2 is 2.12 bits per heavy atom. The predicted molar refractivity (Wildman–Crippen MR) is 72.0 cm³/mol. The van der Waals surface area contributed by atoms with Crippen molar-refractivity contribution in [2.75, 3.05) is 26.2 Å². The number of halogens is 1. The molecule has 1 heterocycles. The second-order valence-electron chi connectivity index (χ2n) is 4.93.